The van der Waals surface area contributed by atoms with Gasteiger partial charge in [0.15, 0.2) is 15.5 Å². The highest BCUT2D eigenvalue weighted by molar-refractivity contribution is 7.93. The number of amides is 1. The fourth-order valence-electron chi connectivity index (χ4n) is 4.54. The number of hydrogen-bond acceptors (Lipinski definition) is 7. The van der Waals surface area contributed by atoms with E-state index in [1.807, 2.05) is 0 Å². The first-order chi connectivity index (χ1) is 16.0. The van der Waals surface area contributed by atoms with Crippen molar-refractivity contribution >= 4 is 26.8 Å². The predicted molar refractivity (Wildman–Crippen MR) is 118 cm³/mol. The van der Waals surface area contributed by atoms with Crippen LogP contribution in [0.1, 0.15) is 42.2 Å². The molecule has 5 rings (SSSR count). The molecule has 0 atom stereocenters. The lowest BCUT2D eigenvalue weighted by molar-refractivity contribution is -0.0498. The number of aromatic nitrogens is 3. The summed E-state index contributed by atoms with van der Waals surface area (Å²) < 4.78 is 54.4. The first kappa shape index (κ1) is 22.7. The van der Waals surface area contributed by atoms with Crippen molar-refractivity contribution in [2.75, 3.05) is 11.5 Å². The molecular weight excluding hydrogens is 470 g/mol. The molecule has 0 unspecified atom stereocenters. The zero-order valence-electron chi connectivity index (χ0n) is 18.2. The minimum Gasteiger partial charge on any atom is -0.435 e. The van der Waals surface area contributed by atoms with Crippen LogP contribution in [0.4, 0.5) is 8.78 Å². The Hall–Kier alpha value is -3.12. The second-order valence-electron chi connectivity index (χ2n) is 9.16. The number of benzene rings is 1. The standard InChI is InChI=1S/C22H22F2N4O5S/c1-21(11-34(31,32)12-21)26-19(29)13-8-16-17(22(30)6-3-7-22)27-28(18(16)25-10-13)14-4-2-5-15(9-14)33-20(23)24/h2,4-5,8-10,20,30H,3,6-7,11-12H2,1H3,(H,26,29). The highest BCUT2D eigenvalue weighted by atomic mass is 32.2. The number of hydrogen-bond donors (Lipinski definition) is 2. The zero-order chi connectivity index (χ0) is 24.3. The zero-order valence-corrected chi connectivity index (χ0v) is 19.0. The number of pyridine rings is 1. The van der Waals surface area contributed by atoms with Gasteiger partial charge in [0.25, 0.3) is 5.91 Å². The largest absolute Gasteiger partial charge is 0.435 e. The maximum absolute atomic E-state index is 12.9. The van der Waals surface area contributed by atoms with E-state index in [2.05, 4.69) is 20.1 Å². The Morgan fingerprint density at radius 1 is 1.26 bits per heavy atom. The lowest BCUT2D eigenvalue weighted by Gasteiger charge is -2.38. The molecule has 1 amide bonds. The third-order valence-electron chi connectivity index (χ3n) is 6.19. The smallest absolute Gasteiger partial charge is 0.387 e. The maximum Gasteiger partial charge on any atom is 0.387 e. The molecule has 1 aliphatic heterocycles. The number of carbonyl (C=O) groups excluding carboxylic acids is 1. The average Bonchev–Trinajstić information content (AvgIpc) is 3.09. The summed E-state index contributed by atoms with van der Waals surface area (Å²) in [6, 6.07) is 7.50. The van der Waals surface area contributed by atoms with E-state index in [9.17, 15) is 27.1 Å². The molecule has 2 N–H and O–H groups in total. The number of aliphatic hydroxyl groups is 1. The van der Waals surface area contributed by atoms with Crippen LogP contribution in [0.3, 0.4) is 0 Å². The molecule has 1 aromatic carbocycles. The molecule has 3 heterocycles. The molecule has 0 radical (unpaired) electrons. The molecule has 1 saturated carbocycles. The molecule has 1 aliphatic carbocycles. The number of nitrogens with one attached hydrogen (secondary N) is 1. The summed E-state index contributed by atoms with van der Waals surface area (Å²) in [7, 11) is -3.15. The van der Waals surface area contributed by atoms with Crippen molar-refractivity contribution in [1.82, 2.24) is 20.1 Å². The minimum atomic E-state index is -3.15. The topological polar surface area (TPSA) is 123 Å². The van der Waals surface area contributed by atoms with Gasteiger partial charge in [-0.3, -0.25) is 4.79 Å². The van der Waals surface area contributed by atoms with Gasteiger partial charge in [0.1, 0.15) is 17.0 Å². The van der Waals surface area contributed by atoms with Crippen LogP contribution in [0, 0.1) is 0 Å². The Balaban J connectivity index is 1.55. The molecule has 34 heavy (non-hydrogen) atoms. The number of nitrogens with zero attached hydrogens (tertiary/aromatic N) is 3. The van der Waals surface area contributed by atoms with Crippen molar-refractivity contribution in [2.24, 2.45) is 0 Å². The Morgan fingerprint density at radius 2 is 2.00 bits per heavy atom. The SMILES string of the molecule is CC1(NC(=O)c2cnc3c(c2)c(C2(O)CCC2)nn3-c2cccc(OC(F)F)c2)CS(=O)(=O)C1. The predicted octanol–water partition coefficient (Wildman–Crippen LogP) is 2.31. The highest BCUT2D eigenvalue weighted by Crippen LogP contribution is 2.43. The molecule has 9 nitrogen and oxygen atoms in total. The maximum atomic E-state index is 12.9. The number of sulfone groups is 1. The third-order valence-corrected chi connectivity index (χ3v) is 8.34. The third kappa shape index (κ3) is 4.00. The molecular formula is C22H22F2N4O5S. The van der Waals surface area contributed by atoms with E-state index < -0.39 is 33.5 Å². The Kier molecular flexibility index (Phi) is 5.13. The van der Waals surface area contributed by atoms with Crippen molar-refractivity contribution < 1.29 is 31.8 Å². The van der Waals surface area contributed by atoms with E-state index in [1.165, 1.54) is 29.1 Å². The van der Waals surface area contributed by atoms with Crippen molar-refractivity contribution in [3.8, 4) is 11.4 Å². The molecule has 12 heteroatoms. The molecule has 1 saturated heterocycles. The lowest BCUT2D eigenvalue weighted by atomic mass is 9.77. The van der Waals surface area contributed by atoms with Gasteiger partial charge in [0, 0.05) is 17.6 Å². The minimum absolute atomic E-state index is 0.0558. The van der Waals surface area contributed by atoms with Crippen LogP contribution in [-0.4, -0.2) is 57.9 Å². The van der Waals surface area contributed by atoms with Crippen molar-refractivity contribution in [3.63, 3.8) is 0 Å². The van der Waals surface area contributed by atoms with Gasteiger partial charge in [-0.15, -0.1) is 0 Å². The van der Waals surface area contributed by atoms with Crippen LogP contribution < -0.4 is 10.1 Å². The van der Waals surface area contributed by atoms with E-state index in [-0.39, 0.29) is 22.8 Å². The molecule has 0 spiro atoms. The van der Waals surface area contributed by atoms with Gasteiger partial charge in [0.2, 0.25) is 0 Å². The molecule has 2 aromatic heterocycles. The fourth-order valence-corrected chi connectivity index (χ4v) is 6.54. The molecule has 180 valence electrons. The summed E-state index contributed by atoms with van der Waals surface area (Å²) in [5.74, 6) is -0.818. The van der Waals surface area contributed by atoms with Crippen LogP contribution >= 0.6 is 0 Å². The van der Waals surface area contributed by atoms with E-state index in [1.54, 1.807) is 19.1 Å². The first-order valence-electron chi connectivity index (χ1n) is 10.7. The number of rotatable bonds is 6. The molecule has 2 aliphatic rings. The van der Waals surface area contributed by atoms with Gasteiger partial charge in [-0.05, 0) is 44.4 Å². The summed E-state index contributed by atoms with van der Waals surface area (Å²) in [5, 5.41) is 18.8. The van der Waals surface area contributed by atoms with E-state index in [0.717, 1.165) is 6.42 Å². The lowest BCUT2D eigenvalue weighted by Crippen LogP contribution is -2.63. The molecule has 0 bridgehead atoms. The van der Waals surface area contributed by atoms with Gasteiger partial charge in [0.05, 0.1) is 28.3 Å². The Bertz CT molecular complexity index is 1390. The summed E-state index contributed by atoms with van der Waals surface area (Å²) >= 11 is 0. The summed E-state index contributed by atoms with van der Waals surface area (Å²) in [6.45, 7) is -1.32. The number of halogens is 2. The number of ether oxygens (including phenoxy) is 1. The van der Waals surface area contributed by atoms with Gasteiger partial charge in [-0.25, -0.2) is 18.1 Å². The normalized spacial score (nSPS) is 19.9. The first-order valence-corrected chi connectivity index (χ1v) is 12.5. The van der Waals surface area contributed by atoms with Crippen molar-refractivity contribution in [1.29, 1.82) is 0 Å². The number of alkyl halides is 2. The van der Waals surface area contributed by atoms with E-state index >= 15 is 0 Å². The van der Waals surface area contributed by atoms with Gasteiger partial charge < -0.3 is 15.2 Å². The van der Waals surface area contributed by atoms with E-state index in [0.29, 0.717) is 35.3 Å². The number of fused-ring (bicyclic) bond motifs is 1. The number of carbonyl (C=O) groups is 1. The fraction of sp³-hybridized carbons (Fsp3) is 0.409. The van der Waals surface area contributed by atoms with Gasteiger partial charge in [-0.1, -0.05) is 6.07 Å². The second-order valence-corrected chi connectivity index (χ2v) is 11.2. The van der Waals surface area contributed by atoms with Crippen LogP contribution in [0.15, 0.2) is 36.5 Å². The molecule has 2 fully saturated rings. The Morgan fingerprint density at radius 3 is 2.62 bits per heavy atom. The summed E-state index contributed by atoms with van der Waals surface area (Å²) in [6.07, 6.45) is 3.11. The van der Waals surface area contributed by atoms with Crippen LogP contribution in [0.5, 0.6) is 5.75 Å². The van der Waals surface area contributed by atoms with Crippen LogP contribution in [-0.2, 0) is 15.4 Å². The molecule has 3 aromatic rings. The van der Waals surface area contributed by atoms with E-state index in [4.69, 9.17) is 0 Å². The highest BCUT2D eigenvalue weighted by Gasteiger charge is 2.46. The second kappa shape index (κ2) is 7.70. The van der Waals surface area contributed by atoms with Crippen molar-refractivity contribution in [2.45, 2.75) is 43.9 Å². The summed E-state index contributed by atoms with van der Waals surface area (Å²) in [4.78, 5) is 17.2. The summed E-state index contributed by atoms with van der Waals surface area (Å²) in [5.41, 5.74) is -0.779. The van der Waals surface area contributed by atoms with Gasteiger partial charge in [-0.2, -0.15) is 13.9 Å². The quantitative estimate of drug-likeness (QED) is 0.541. The van der Waals surface area contributed by atoms with Crippen LogP contribution in [0.2, 0.25) is 0 Å². The van der Waals surface area contributed by atoms with Crippen molar-refractivity contribution in [3.05, 3.63) is 47.8 Å². The Labute approximate surface area is 193 Å². The average molecular weight is 493 g/mol. The monoisotopic (exact) mass is 492 g/mol. The van der Waals surface area contributed by atoms with Gasteiger partial charge >= 0.3 is 6.61 Å². The van der Waals surface area contributed by atoms with Crippen LogP contribution in [0.25, 0.3) is 16.7 Å².